The van der Waals surface area contributed by atoms with Gasteiger partial charge in [-0.1, -0.05) is 20.3 Å². The van der Waals surface area contributed by atoms with Gasteiger partial charge in [0.15, 0.2) is 0 Å². The number of hydrogen-bond donors (Lipinski definition) is 1. The molecule has 4 heteroatoms. The monoisotopic (exact) mass is 196 g/mol. The Kier molecular flexibility index (Phi) is 4.16. The molecule has 1 heterocycles. The second-order valence-electron chi connectivity index (χ2n) is 3.45. The molecule has 0 aliphatic rings. The van der Waals surface area contributed by atoms with Crippen molar-refractivity contribution in [1.82, 2.24) is 9.97 Å². The number of nitrogens with zero attached hydrogens (tertiary/aromatic N) is 1. The summed E-state index contributed by atoms with van der Waals surface area (Å²) in [5.74, 6) is 0.901. The molecule has 0 spiro atoms. The number of aromatic amines is 1. The number of rotatable bonds is 5. The number of ether oxygens (including phenoxy) is 1. The Labute approximate surface area is 83.3 Å². The second-order valence-corrected chi connectivity index (χ2v) is 3.45. The molecule has 1 atom stereocenters. The van der Waals surface area contributed by atoms with Crippen LogP contribution in [0, 0.1) is 5.92 Å². The zero-order valence-corrected chi connectivity index (χ0v) is 8.62. The van der Waals surface area contributed by atoms with Crippen molar-refractivity contribution in [2.75, 3.05) is 6.61 Å². The fraction of sp³-hybridized carbons (Fsp3) is 0.600. The maximum absolute atomic E-state index is 10.9. The second kappa shape index (κ2) is 5.42. The van der Waals surface area contributed by atoms with E-state index in [-0.39, 0.29) is 5.56 Å². The number of H-pyrrole nitrogens is 1. The lowest BCUT2D eigenvalue weighted by molar-refractivity contribution is 0.242. The maximum atomic E-state index is 10.9. The molecule has 0 amide bonds. The number of nitrogens with one attached hydrogen (secondary N) is 1. The van der Waals surface area contributed by atoms with Gasteiger partial charge in [-0.05, 0) is 12.3 Å². The predicted molar refractivity (Wildman–Crippen MR) is 54.4 cm³/mol. The SMILES string of the molecule is CCCC(C)COc1cc(=O)[nH]cn1. The van der Waals surface area contributed by atoms with Gasteiger partial charge in [-0.25, -0.2) is 4.98 Å². The summed E-state index contributed by atoms with van der Waals surface area (Å²) >= 11 is 0. The first-order valence-electron chi connectivity index (χ1n) is 4.90. The van der Waals surface area contributed by atoms with Crippen LogP contribution in [0.2, 0.25) is 0 Å². The molecular weight excluding hydrogens is 180 g/mol. The molecule has 4 nitrogen and oxygen atoms in total. The van der Waals surface area contributed by atoms with Gasteiger partial charge in [0.25, 0.3) is 5.56 Å². The van der Waals surface area contributed by atoms with Crippen molar-refractivity contribution in [2.24, 2.45) is 5.92 Å². The van der Waals surface area contributed by atoms with Gasteiger partial charge in [0, 0.05) is 0 Å². The first-order valence-corrected chi connectivity index (χ1v) is 4.90. The fourth-order valence-electron chi connectivity index (χ4n) is 1.23. The van der Waals surface area contributed by atoms with Gasteiger partial charge in [0.05, 0.1) is 19.0 Å². The highest BCUT2D eigenvalue weighted by molar-refractivity contribution is 5.04. The molecule has 0 radical (unpaired) electrons. The molecule has 1 aromatic rings. The summed E-state index contributed by atoms with van der Waals surface area (Å²) in [5.41, 5.74) is -0.182. The quantitative estimate of drug-likeness (QED) is 0.778. The Morgan fingerprint density at radius 2 is 2.43 bits per heavy atom. The van der Waals surface area contributed by atoms with Gasteiger partial charge < -0.3 is 9.72 Å². The molecule has 0 saturated carbocycles. The number of aromatic nitrogens is 2. The van der Waals surface area contributed by atoms with Gasteiger partial charge in [-0.3, -0.25) is 4.79 Å². The topological polar surface area (TPSA) is 55.0 Å². The van der Waals surface area contributed by atoms with E-state index in [0.29, 0.717) is 18.4 Å². The summed E-state index contributed by atoms with van der Waals surface area (Å²) in [7, 11) is 0. The lowest BCUT2D eigenvalue weighted by atomic mass is 10.1. The summed E-state index contributed by atoms with van der Waals surface area (Å²) in [6.07, 6.45) is 3.62. The molecule has 14 heavy (non-hydrogen) atoms. The molecule has 78 valence electrons. The molecule has 1 unspecified atom stereocenters. The van der Waals surface area contributed by atoms with Crippen molar-refractivity contribution in [2.45, 2.75) is 26.7 Å². The van der Waals surface area contributed by atoms with E-state index >= 15 is 0 Å². The van der Waals surface area contributed by atoms with E-state index in [9.17, 15) is 4.79 Å². The van der Waals surface area contributed by atoms with E-state index in [2.05, 4.69) is 23.8 Å². The summed E-state index contributed by atoms with van der Waals surface area (Å²) in [4.78, 5) is 17.2. The highest BCUT2D eigenvalue weighted by Gasteiger charge is 2.02. The summed E-state index contributed by atoms with van der Waals surface area (Å²) in [6, 6.07) is 1.36. The standard InChI is InChI=1S/C10H16N2O2/c1-3-4-8(2)6-14-10-5-9(13)11-7-12-10/h5,7-8H,3-4,6H2,1-2H3,(H,11,12,13). The van der Waals surface area contributed by atoms with Gasteiger partial charge in [0.1, 0.15) is 0 Å². The van der Waals surface area contributed by atoms with E-state index in [1.54, 1.807) is 0 Å². The van der Waals surface area contributed by atoms with E-state index in [1.165, 1.54) is 12.4 Å². The Bertz CT molecular complexity index is 322. The molecular formula is C10H16N2O2. The van der Waals surface area contributed by atoms with Crippen molar-refractivity contribution in [3.05, 3.63) is 22.7 Å². The van der Waals surface area contributed by atoms with Crippen LogP contribution in [0.1, 0.15) is 26.7 Å². The van der Waals surface area contributed by atoms with Gasteiger partial charge in [-0.15, -0.1) is 0 Å². The van der Waals surface area contributed by atoms with Gasteiger partial charge >= 0.3 is 0 Å². The molecule has 0 aliphatic heterocycles. The third-order valence-corrected chi connectivity index (χ3v) is 1.95. The van der Waals surface area contributed by atoms with E-state index in [0.717, 1.165) is 12.8 Å². The smallest absolute Gasteiger partial charge is 0.254 e. The Hall–Kier alpha value is -1.32. The van der Waals surface area contributed by atoms with E-state index in [4.69, 9.17) is 4.74 Å². The van der Waals surface area contributed by atoms with E-state index in [1.807, 2.05) is 0 Å². The minimum Gasteiger partial charge on any atom is -0.477 e. The largest absolute Gasteiger partial charge is 0.477 e. The Balaban J connectivity index is 2.41. The third kappa shape index (κ3) is 3.60. The van der Waals surface area contributed by atoms with Gasteiger partial charge in [0.2, 0.25) is 5.88 Å². The van der Waals surface area contributed by atoms with Crippen molar-refractivity contribution < 1.29 is 4.74 Å². The first-order chi connectivity index (χ1) is 6.72. The first kappa shape index (κ1) is 10.8. The van der Waals surface area contributed by atoms with Crippen molar-refractivity contribution >= 4 is 0 Å². The van der Waals surface area contributed by atoms with Crippen LogP contribution in [-0.4, -0.2) is 16.6 Å². The van der Waals surface area contributed by atoms with Crippen LogP contribution in [0.25, 0.3) is 0 Å². The zero-order valence-electron chi connectivity index (χ0n) is 8.62. The highest BCUT2D eigenvalue weighted by atomic mass is 16.5. The molecule has 0 fully saturated rings. The summed E-state index contributed by atoms with van der Waals surface area (Å²) < 4.78 is 5.37. The van der Waals surface area contributed by atoms with Crippen molar-refractivity contribution in [1.29, 1.82) is 0 Å². The Morgan fingerprint density at radius 3 is 3.07 bits per heavy atom. The van der Waals surface area contributed by atoms with Crippen LogP contribution >= 0.6 is 0 Å². The minimum atomic E-state index is -0.182. The molecule has 0 saturated heterocycles. The molecule has 1 rings (SSSR count). The number of hydrogen-bond acceptors (Lipinski definition) is 3. The zero-order chi connectivity index (χ0) is 10.4. The van der Waals surface area contributed by atoms with Crippen molar-refractivity contribution in [3.63, 3.8) is 0 Å². The molecule has 0 bridgehead atoms. The molecule has 1 N–H and O–H groups in total. The summed E-state index contributed by atoms with van der Waals surface area (Å²) in [6.45, 7) is 4.88. The lowest BCUT2D eigenvalue weighted by Crippen LogP contribution is -2.11. The van der Waals surface area contributed by atoms with Crippen LogP contribution in [0.3, 0.4) is 0 Å². The molecule has 0 aliphatic carbocycles. The van der Waals surface area contributed by atoms with Crippen LogP contribution < -0.4 is 10.3 Å². The minimum absolute atomic E-state index is 0.182. The van der Waals surface area contributed by atoms with Crippen molar-refractivity contribution in [3.8, 4) is 5.88 Å². The highest BCUT2D eigenvalue weighted by Crippen LogP contribution is 2.07. The van der Waals surface area contributed by atoms with Crippen LogP contribution in [0.15, 0.2) is 17.2 Å². The lowest BCUT2D eigenvalue weighted by Gasteiger charge is -2.10. The van der Waals surface area contributed by atoms with Crippen LogP contribution in [0.4, 0.5) is 0 Å². The van der Waals surface area contributed by atoms with Gasteiger partial charge in [-0.2, -0.15) is 0 Å². The van der Waals surface area contributed by atoms with E-state index < -0.39 is 0 Å². The summed E-state index contributed by atoms with van der Waals surface area (Å²) in [5, 5.41) is 0. The Morgan fingerprint density at radius 1 is 1.64 bits per heavy atom. The van der Waals surface area contributed by atoms with Crippen LogP contribution in [-0.2, 0) is 0 Å². The normalized spacial score (nSPS) is 12.4. The molecule has 0 aromatic carbocycles. The average Bonchev–Trinajstić information content (AvgIpc) is 2.15. The fourth-order valence-corrected chi connectivity index (χ4v) is 1.23. The third-order valence-electron chi connectivity index (χ3n) is 1.95. The predicted octanol–water partition coefficient (Wildman–Crippen LogP) is 1.58. The maximum Gasteiger partial charge on any atom is 0.254 e. The molecule has 1 aromatic heterocycles. The average molecular weight is 196 g/mol. The van der Waals surface area contributed by atoms with Crippen LogP contribution in [0.5, 0.6) is 5.88 Å².